The van der Waals surface area contributed by atoms with E-state index < -0.39 is 0 Å². The van der Waals surface area contributed by atoms with Gasteiger partial charge in [-0.3, -0.25) is 4.79 Å². The van der Waals surface area contributed by atoms with E-state index in [4.69, 9.17) is 5.73 Å². The van der Waals surface area contributed by atoms with Gasteiger partial charge in [0.1, 0.15) is 10.7 Å². The van der Waals surface area contributed by atoms with Gasteiger partial charge in [-0.15, -0.1) is 0 Å². The number of amides is 1. The molecule has 0 bridgehead atoms. The predicted octanol–water partition coefficient (Wildman–Crippen LogP) is 2.71. The Kier molecular flexibility index (Phi) is 5.23. The van der Waals surface area contributed by atoms with E-state index in [9.17, 15) is 4.79 Å². The maximum atomic E-state index is 12.2. The van der Waals surface area contributed by atoms with Crippen molar-refractivity contribution in [2.24, 2.45) is 11.8 Å². The Morgan fingerprint density at radius 2 is 2.20 bits per heavy atom. The highest BCUT2D eigenvalue weighted by atomic mass is 32.1. The molecule has 5 nitrogen and oxygen atoms in total. The quantitative estimate of drug-likeness (QED) is 0.780. The third kappa shape index (κ3) is 3.62. The third-order valence-electron chi connectivity index (χ3n) is 4.00. The molecule has 0 saturated heterocycles. The minimum absolute atomic E-state index is 0.0954. The number of nitrogens with two attached hydrogens (primary N) is 1. The van der Waals surface area contributed by atoms with Crippen LogP contribution in [0.25, 0.3) is 0 Å². The zero-order valence-corrected chi connectivity index (χ0v) is 13.1. The molecule has 1 aromatic rings. The topological polar surface area (TPSA) is 80.0 Å². The van der Waals surface area contributed by atoms with Gasteiger partial charge in [-0.2, -0.15) is 0 Å². The fourth-order valence-electron chi connectivity index (χ4n) is 2.72. The Morgan fingerprint density at radius 3 is 2.90 bits per heavy atom. The molecule has 20 heavy (non-hydrogen) atoms. The number of hydrogen-bond acceptors (Lipinski definition) is 5. The summed E-state index contributed by atoms with van der Waals surface area (Å²) in [6.07, 6.45) is 5.08. The molecule has 1 aromatic heterocycles. The Balaban J connectivity index is 1.91. The van der Waals surface area contributed by atoms with Gasteiger partial charge < -0.3 is 16.4 Å². The number of aromatic nitrogens is 1. The average Bonchev–Trinajstić information content (AvgIpc) is 2.79. The number of carbonyl (C=O) groups is 1. The van der Waals surface area contributed by atoms with Gasteiger partial charge in [-0.05, 0) is 25.2 Å². The largest absolute Gasteiger partial charge is 0.382 e. The zero-order chi connectivity index (χ0) is 14.5. The van der Waals surface area contributed by atoms with Crippen LogP contribution >= 0.6 is 11.3 Å². The molecule has 2 unspecified atom stereocenters. The van der Waals surface area contributed by atoms with E-state index in [1.54, 1.807) is 0 Å². The molecule has 2 rings (SSSR count). The van der Waals surface area contributed by atoms with Gasteiger partial charge in [-0.25, -0.2) is 4.98 Å². The molecule has 1 fully saturated rings. The fraction of sp³-hybridized carbons (Fsp3) is 0.714. The molecule has 112 valence electrons. The minimum Gasteiger partial charge on any atom is -0.382 e. The molecule has 1 aliphatic carbocycles. The van der Waals surface area contributed by atoms with E-state index in [1.807, 2.05) is 6.92 Å². The van der Waals surface area contributed by atoms with Crippen LogP contribution in [-0.2, 0) is 0 Å². The van der Waals surface area contributed by atoms with Crippen molar-refractivity contribution in [3.8, 4) is 0 Å². The summed E-state index contributed by atoms with van der Waals surface area (Å²) >= 11 is 1.32. The van der Waals surface area contributed by atoms with E-state index in [-0.39, 0.29) is 5.91 Å². The number of thiazole rings is 1. The number of nitrogens with one attached hydrogen (secondary N) is 2. The van der Waals surface area contributed by atoms with E-state index in [1.165, 1.54) is 37.0 Å². The van der Waals surface area contributed by atoms with Crippen LogP contribution in [0.4, 0.5) is 10.9 Å². The van der Waals surface area contributed by atoms with Crippen molar-refractivity contribution in [3.63, 3.8) is 0 Å². The number of nitrogens with zero attached hydrogens (tertiary/aromatic N) is 1. The Morgan fingerprint density at radius 1 is 1.45 bits per heavy atom. The van der Waals surface area contributed by atoms with Crippen LogP contribution in [0.15, 0.2) is 0 Å². The van der Waals surface area contributed by atoms with E-state index >= 15 is 0 Å². The van der Waals surface area contributed by atoms with Gasteiger partial charge in [0.25, 0.3) is 5.91 Å². The summed E-state index contributed by atoms with van der Waals surface area (Å²) in [5.74, 6) is 1.51. The molecule has 2 atom stereocenters. The van der Waals surface area contributed by atoms with Crippen molar-refractivity contribution in [1.82, 2.24) is 10.3 Å². The van der Waals surface area contributed by atoms with E-state index in [0.29, 0.717) is 27.7 Å². The van der Waals surface area contributed by atoms with Crippen LogP contribution in [0.2, 0.25) is 0 Å². The lowest BCUT2D eigenvalue weighted by molar-refractivity contribution is 0.0941. The number of carbonyl (C=O) groups excluding carboxylic acids is 1. The second-order valence-electron chi connectivity index (χ2n) is 5.50. The SMILES string of the molecule is CCNc1nc(N)c(C(=O)NCC2CCCCC2C)s1. The maximum Gasteiger partial charge on any atom is 0.265 e. The fourth-order valence-corrected chi connectivity index (χ4v) is 3.59. The highest BCUT2D eigenvalue weighted by Gasteiger charge is 2.23. The first-order chi connectivity index (χ1) is 9.61. The van der Waals surface area contributed by atoms with Crippen LogP contribution < -0.4 is 16.4 Å². The average molecular weight is 296 g/mol. The first-order valence-corrected chi connectivity index (χ1v) is 8.21. The first-order valence-electron chi connectivity index (χ1n) is 7.40. The highest BCUT2D eigenvalue weighted by molar-refractivity contribution is 7.18. The minimum atomic E-state index is -0.0954. The van der Waals surface area contributed by atoms with Crippen molar-refractivity contribution < 1.29 is 4.79 Å². The van der Waals surface area contributed by atoms with Crippen molar-refractivity contribution in [2.75, 3.05) is 24.1 Å². The summed E-state index contributed by atoms with van der Waals surface area (Å²) in [7, 11) is 0. The second-order valence-corrected chi connectivity index (χ2v) is 6.49. The van der Waals surface area contributed by atoms with Gasteiger partial charge in [-0.1, -0.05) is 37.5 Å². The highest BCUT2D eigenvalue weighted by Crippen LogP contribution is 2.29. The number of anilines is 2. The number of hydrogen-bond donors (Lipinski definition) is 3. The summed E-state index contributed by atoms with van der Waals surface area (Å²) < 4.78 is 0. The maximum absolute atomic E-state index is 12.2. The Hall–Kier alpha value is -1.30. The second kappa shape index (κ2) is 6.92. The van der Waals surface area contributed by atoms with Gasteiger partial charge in [0, 0.05) is 13.1 Å². The molecule has 6 heteroatoms. The van der Waals surface area contributed by atoms with E-state index in [0.717, 1.165) is 13.1 Å². The summed E-state index contributed by atoms with van der Waals surface area (Å²) in [6, 6.07) is 0. The predicted molar refractivity (Wildman–Crippen MR) is 84.1 cm³/mol. The van der Waals surface area contributed by atoms with Gasteiger partial charge in [0.2, 0.25) is 0 Å². The van der Waals surface area contributed by atoms with Crippen LogP contribution in [0.1, 0.15) is 49.2 Å². The number of nitrogen functional groups attached to an aromatic ring is 1. The summed E-state index contributed by atoms with van der Waals surface area (Å²) in [4.78, 5) is 16.9. The molecule has 0 aromatic carbocycles. The lowest BCUT2D eigenvalue weighted by atomic mass is 9.80. The summed E-state index contributed by atoms with van der Waals surface area (Å²) in [6.45, 7) is 5.78. The Bertz CT molecular complexity index is 460. The van der Waals surface area contributed by atoms with Crippen LogP contribution in [0, 0.1) is 11.8 Å². The first kappa shape index (κ1) is 15.1. The lowest BCUT2D eigenvalue weighted by Gasteiger charge is -2.28. The molecule has 4 N–H and O–H groups in total. The molecule has 0 spiro atoms. The molecule has 1 saturated carbocycles. The molecular weight excluding hydrogens is 272 g/mol. The van der Waals surface area contributed by atoms with Gasteiger partial charge in [0.05, 0.1) is 0 Å². The molecule has 1 heterocycles. The third-order valence-corrected chi connectivity index (χ3v) is 5.03. The van der Waals surface area contributed by atoms with E-state index in [2.05, 4.69) is 22.5 Å². The smallest absolute Gasteiger partial charge is 0.265 e. The lowest BCUT2D eigenvalue weighted by Crippen LogP contribution is -2.33. The monoisotopic (exact) mass is 296 g/mol. The Labute approximate surface area is 124 Å². The molecule has 0 radical (unpaired) electrons. The summed E-state index contributed by atoms with van der Waals surface area (Å²) in [5.41, 5.74) is 5.81. The van der Waals surface area contributed by atoms with Crippen molar-refractivity contribution in [3.05, 3.63) is 4.88 Å². The van der Waals surface area contributed by atoms with Crippen LogP contribution in [0.5, 0.6) is 0 Å². The summed E-state index contributed by atoms with van der Waals surface area (Å²) in [5, 5.41) is 6.81. The zero-order valence-electron chi connectivity index (χ0n) is 12.2. The van der Waals surface area contributed by atoms with Crippen molar-refractivity contribution >= 4 is 28.2 Å². The molecule has 1 amide bonds. The van der Waals surface area contributed by atoms with Crippen LogP contribution in [-0.4, -0.2) is 24.0 Å². The molecule has 1 aliphatic rings. The van der Waals surface area contributed by atoms with Gasteiger partial charge >= 0.3 is 0 Å². The standard InChI is InChI=1S/C14H24N4OS/c1-3-16-14-18-12(15)11(20-14)13(19)17-8-10-7-5-4-6-9(10)2/h9-10H,3-8,15H2,1-2H3,(H,16,18)(H,17,19). The van der Waals surface area contributed by atoms with Crippen molar-refractivity contribution in [2.45, 2.75) is 39.5 Å². The number of rotatable bonds is 5. The normalized spacial score (nSPS) is 22.5. The van der Waals surface area contributed by atoms with Crippen LogP contribution in [0.3, 0.4) is 0 Å². The molecular formula is C14H24N4OS. The van der Waals surface area contributed by atoms with Crippen molar-refractivity contribution in [1.29, 1.82) is 0 Å². The van der Waals surface area contributed by atoms with Gasteiger partial charge in [0.15, 0.2) is 5.13 Å². The molecule has 0 aliphatic heterocycles.